The van der Waals surface area contributed by atoms with Crippen molar-refractivity contribution in [2.45, 2.75) is 16.0 Å². The predicted octanol–water partition coefficient (Wildman–Crippen LogP) is 3.30. The third-order valence-electron chi connectivity index (χ3n) is 3.20. The molecule has 2 aromatic rings. The second kappa shape index (κ2) is 4.11. The topological polar surface area (TPSA) is 34.1 Å². The Labute approximate surface area is 111 Å². The molecule has 0 N–H and O–H groups in total. The van der Waals surface area contributed by atoms with Crippen LogP contribution in [0.5, 0.6) is 0 Å². The van der Waals surface area contributed by atoms with Crippen LogP contribution in [0.2, 0.25) is 0 Å². The van der Waals surface area contributed by atoms with Gasteiger partial charge in [-0.3, -0.25) is 0 Å². The Morgan fingerprint density at radius 2 is 1.56 bits per heavy atom. The molecular weight excluding hydrogens is 268 g/mol. The molecule has 2 aromatic carbocycles. The molecule has 0 aromatic heterocycles. The van der Waals surface area contributed by atoms with Crippen molar-refractivity contribution in [2.24, 2.45) is 0 Å². The van der Waals surface area contributed by atoms with Gasteiger partial charge in [0, 0.05) is 0 Å². The van der Waals surface area contributed by atoms with Crippen LogP contribution < -0.4 is 0 Å². The van der Waals surface area contributed by atoms with Gasteiger partial charge in [-0.15, -0.1) is 11.6 Å². The van der Waals surface area contributed by atoms with Crippen LogP contribution in [-0.2, 0) is 15.6 Å². The van der Waals surface area contributed by atoms with Gasteiger partial charge in [0.05, 0.1) is 16.0 Å². The Hall–Kier alpha value is -1.32. The Bertz CT molecular complexity index is 707. The maximum absolute atomic E-state index is 12.3. The summed E-state index contributed by atoms with van der Waals surface area (Å²) >= 11 is 6.44. The smallest absolute Gasteiger partial charge is 0.182 e. The van der Waals surface area contributed by atoms with E-state index < -0.39 is 15.2 Å². The number of benzene rings is 2. The van der Waals surface area contributed by atoms with Crippen molar-refractivity contribution in [3.05, 3.63) is 65.2 Å². The van der Waals surface area contributed by atoms with Crippen molar-refractivity contribution in [3.63, 3.8) is 0 Å². The lowest BCUT2D eigenvalue weighted by molar-refractivity contribution is 0.595. The van der Waals surface area contributed by atoms with Crippen LogP contribution in [0.4, 0.5) is 0 Å². The van der Waals surface area contributed by atoms with Gasteiger partial charge in [-0.2, -0.15) is 0 Å². The summed E-state index contributed by atoms with van der Waals surface area (Å²) in [7, 11) is -3.31. The molecule has 0 amide bonds. The molecule has 2 nitrogen and oxygen atoms in total. The largest absolute Gasteiger partial charge is 0.223 e. The van der Waals surface area contributed by atoms with Crippen molar-refractivity contribution >= 4 is 21.4 Å². The Balaban J connectivity index is 2.35. The molecule has 0 spiro atoms. The first-order valence-electron chi connectivity index (χ1n) is 5.63. The fourth-order valence-electron chi connectivity index (χ4n) is 2.34. The van der Waals surface area contributed by atoms with Crippen molar-refractivity contribution in [3.8, 4) is 0 Å². The fraction of sp³-hybridized carbons (Fsp3) is 0.143. The predicted molar refractivity (Wildman–Crippen MR) is 71.5 cm³/mol. The average molecular weight is 279 g/mol. The van der Waals surface area contributed by atoms with Crippen molar-refractivity contribution < 1.29 is 8.42 Å². The van der Waals surface area contributed by atoms with Crippen molar-refractivity contribution in [1.29, 1.82) is 0 Å². The molecule has 0 saturated heterocycles. The van der Waals surface area contributed by atoms with Gasteiger partial charge >= 0.3 is 0 Å². The average Bonchev–Trinajstić information content (AvgIpc) is 2.45. The van der Waals surface area contributed by atoms with Gasteiger partial charge in [0.1, 0.15) is 0 Å². The van der Waals surface area contributed by atoms with Gasteiger partial charge in [-0.1, -0.05) is 42.5 Å². The van der Waals surface area contributed by atoms with Crippen molar-refractivity contribution in [2.75, 3.05) is 0 Å². The fourth-order valence-corrected chi connectivity index (χ4v) is 4.46. The third kappa shape index (κ3) is 1.74. The molecule has 0 fully saturated rings. The molecule has 3 rings (SSSR count). The Morgan fingerprint density at radius 3 is 2.33 bits per heavy atom. The molecule has 1 heterocycles. The van der Waals surface area contributed by atoms with Gasteiger partial charge < -0.3 is 0 Å². The minimum Gasteiger partial charge on any atom is -0.223 e. The summed E-state index contributed by atoms with van der Waals surface area (Å²) < 4.78 is 24.7. The number of halogens is 1. The molecule has 0 aliphatic carbocycles. The first-order chi connectivity index (χ1) is 8.59. The summed E-state index contributed by atoms with van der Waals surface area (Å²) in [6.45, 7) is 0. The molecule has 0 unspecified atom stereocenters. The van der Waals surface area contributed by atoms with Crippen LogP contribution in [0.3, 0.4) is 0 Å². The summed E-state index contributed by atoms with van der Waals surface area (Å²) in [6.07, 6.45) is 0. The van der Waals surface area contributed by atoms with Gasteiger partial charge in [0.25, 0.3) is 0 Å². The summed E-state index contributed by atoms with van der Waals surface area (Å²) in [6, 6.07) is 14.4. The van der Waals surface area contributed by atoms with Gasteiger partial charge in [-0.05, 0) is 22.8 Å². The number of rotatable bonds is 0. The normalized spacial score (nSPS) is 20.6. The molecule has 0 bridgehead atoms. The molecule has 92 valence electrons. The van der Waals surface area contributed by atoms with E-state index in [-0.39, 0.29) is 5.75 Å². The molecule has 18 heavy (non-hydrogen) atoms. The Kier molecular flexibility index (Phi) is 2.68. The highest BCUT2D eigenvalue weighted by atomic mass is 35.5. The van der Waals surface area contributed by atoms with Crippen LogP contribution in [0.15, 0.2) is 53.4 Å². The maximum Gasteiger partial charge on any atom is 0.182 e. The van der Waals surface area contributed by atoms with Crippen LogP contribution >= 0.6 is 11.6 Å². The summed E-state index contributed by atoms with van der Waals surface area (Å²) in [5.74, 6) is 0.0173. The van der Waals surface area contributed by atoms with Crippen molar-refractivity contribution in [1.82, 2.24) is 0 Å². The van der Waals surface area contributed by atoms with Gasteiger partial charge in [0.2, 0.25) is 0 Å². The van der Waals surface area contributed by atoms with E-state index >= 15 is 0 Å². The molecule has 1 atom stereocenters. The molecule has 0 saturated carbocycles. The highest BCUT2D eigenvalue weighted by Crippen LogP contribution is 2.39. The van der Waals surface area contributed by atoms with E-state index in [0.717, 1.165) is 11.1 Å². The second-order valence-corrected chi connectivity index (χ2v) is 6.75. The number of hydrogen-bond donors (Lipinski definition) is 0. The maximum atomic E-state index is 12.3. The monoisotopic (exact) mass is 278 g/mol. The van der Waals surface area contributed by atoms with E-state index in [1.165, 1.54) is 0 Å². The third-order valence-corrected chi connectivity index (χ3v) is 5.40. The second-order valence-electron chi connectivity index (χ2n) is 4.36. The Morgan fingerprint density at radius 1 is 0.944 bits per heavy atom. The summed E-state index contributed by atoms with van der Waals surface area (Å²) in [5, 5.41) is -0.408. The highest BCUT2D eigenvalue weighted by molar-refractivity contribution is 7.90. The lowest BCUT2D eigenvalue weighted by Crippen LogP contribution is -2.04. The number of sulfone groups is 1. The van der Waals surface area contributed by atoms with E-state index in [4.69, 9.17) is 11.6 Å². The zero-order valence-corrected chi connectivity index (χ0v) is 11.1. The lowest BCUT2D eigenvalue weighted by Gasteiger charge is -2.11. The SMILES string of the molecule is O=S1(=O)Cc2ccccc2[C@H](Cl)c2ccccc21. The summed E-state index contributed by atoms with van der Waals surface area (Å²) in [5.41, 5.74) is 2.34. The van der Waals surface area contributed by atoms with Crippen LogP contribution in [0.25, 0.3) is 0 Å². The number of hydrogen-bond acceptors (Lipinski definition) is 2. The molecule has 1 aliphatic rings. The zero-order valence-electron chi connectivity index (χ0n) is 9.51. The van der Waals surface area contributed by atoms with Crippen LogP contribution in [0.1, 0.15) is 22.1 Å². The van der Waals surface area contributed by atoms with E-state index in [1.807, 2.05) is 30.3 Å². The first kappa shape index (κ1) is 11.8. The minimum atomic E-state index is -3.31. The number of fused-ring (bicyclic) bond motifs is 2. The molecular formula is C14H11ClO2S. The van der Waals surface area contributed by atoms with E-state index in [1.54, 1.807) is 18.2 Å². The van der Waals surface area contributed by atoms with E-state index in [0.29, 0.717) is 10.5 Å². The quantitative estimate of drug-likeness (QED) is 0.693. The first-order valence-corrected chi connectivity index (χ1v) is 7.72. The van der Waals surface area contributed by atoms with Crippen LogP contribution in [-0.4, -0.2) is 8.42 Å². The molecule has 4 heteroatoms. The minimum absolute atomic E-state index is 0.0173. The standard InChI is InChI=1S/C14H11ClO2S/c15-14-11-6-2-1-5-10(11)9-18(16,17)13-8-4-3-7-12(13)14/h1-8,14H,9H2/t14-/m0/s1. The van der Waals surface area contributed by atoms with Gasteiger partial charge in [0.15, 0.2) is 9.84 Å². The van der Waals surface area contributed by atoms with Gasteiger partial charge in [-0.25, -0.2) is 8.42 Å². The number of alkyl halides is 1. The molecule has 0 radical (unpaired) electrons. The van der Waals surface area contributed by atoms with E-state index in [9.17, 15) is 8.42 Å². The lowest BCUT2D eigenvalue weighted by atomic mass is 10.0. The van der Waals surface area contributed by atoms with Crippen LogP contribution in [0, 0.1) is 0 Å². The molecule has 1 aliphatic heterocycles. The zero-order chi connectivity index (χ0) is 12.8. The highest BCUT2D eigenvalue weighted by Gasteiger charge is 2.29. The van der Waals surface area contributed by atoms with E-state index in [2.05, 4.69) is 0 Å². The summed E-state index contributed by atoms with van der Waals surface area (Å²) in [4.78, 5) is 0.348.